The summed E-state index contributed by atoms with van der Waals surface area (Å²) in [6.45, 7) is 11.7. The Hall–Kier alpha value is -8.55. The number of rotatable bonds is 1. The summed E-state index contributed by atoms with van der Waals surface area (Å²) in [4.78, 5) is 38.2. The van der Waals surface area contributed by atoms with Gasteiger partial charge in [0.1, 0.15) is 11.3 Å². The Balaban J connectivity index is 0.000000112. The highest BCUT2D eigenvalue weighted by Crippen LogP contribution is 2.30. The number of benzene rings is 8. The first-order valence-electron chi connectivity index (χ1n) is 24.0. The average Bonchev–Trinajstić information content (AvgIpc) is 4.13. The minimum absolute atomic E-state index is 0.507. The average molecular weight is 1040 g/mol. The molecule has 6 heterocycles. The van der Waals surface area contributed by atoms with E-state index in [0.29, 0.717) is 10.0 Å². The van der Waals surface area contributed by atoms with Gasteiger partial charge in [-0.3, -0.25) is 24.5 Å². The normalized spacial score (nSPS) is 10.7. The van der Waals surface area contributed by atoms with Crippen LogP contribution in [0.1, 0.15) is 33.8 Å². The minimum Gasteiger partial charge on any atom is -0.441 e. The van der Waals surface area contributed by atoms with Gasteiger partial charge in [0.25, 0.3) is 0 Å². The summed E-state index contributed by atoms with van der Waals surface area (Å²) >= 11 is 13.4. The summed E-state index contributed by atoms with van der Waals surface area (Å²) in [6, 6.07) is 54.8. The summed E-state index contributed by atoms with van der Waals surface area (Å²) < 4.78 is 8.92. The predicted octanol–water partition coefficient (Wildman–Crippen LogP) is 16.3. The molecule has 370 valence electrons. The van der Waals surface area contributed by atoms with Crippen molar-refractivity contribution in [1.82, 2.24) is 49.4 Å². The quantitative estimate of drug-likeness (QED) is 0.156. The molecule has 14 heteroatoms. The van der Waals surface area contributed by atoms with Gasteiger partial charge >= 0.3 is 0 Å². The van der Waals surface area contributed by atoms with Crippen molar-refractivity contribution in [1.29, 1.82) is 0 Å². The van der Waals surface area contributed by atoms with Gasteiger partial charge in [0.15, 0.2) is 11.5 Å². The summed E-state index contributed by atoms with van der Waals surface area (Å²) in [5.74, 6) is 1.74. The molecule has 0 amide bonds. The zero-order valence-electron chi connectivity index (χ0n) is 42.0. The first-order valence-corrected chi connectivity index (χ1v) is 25.5. The molecule has 8 aromatic carbocycles. The van der Waals surface area contributed by atoms with Crippen molar-refractivity contribution in [2.45, 2.75) is 41.5 Å². The number of hydrogen-bond donors (Lipinski definition) is 0. The van der Waals surface area contributed by atoms with Crippen LogP contribution in [0.4, 0.5) is 0 Å². The molecule has 0 saturated carbocycles. The van der Waals surface area contributed by atoms with E-state index in [2.05, 4.69) is 129 Å². The van der Waals surface area contributed by atoms with Gasteiger partial charge in [0.2, 0.25) is 0 Å². The molecule has 0 radical (unpaired) electrons. The van der Waals surface area contributed by atoms with Crippen LogP contribution in [-0.2, 0) is 0 Å². The number of oxazole rings is 1. The van der Waals surface area contributed by atoms with Crippen LogP contribution in [-0.4, -0.2) is 49.4 Å². The second kappa shape index (κ2) is 24.0. The van der Waals surface area contributed by atoms with Gasteiger partial charge in [0, 0.05) is 54.4 Å². The van der Waals surface area contributed by atoms with E-state index in [1.54, 1.807) is 54.5 Å². The van der Waals surface area contributed by atoms with Crippen molar-refractivity contribution in [2.24, 2.45) is 0 Å². The van der Waals surface area contributed by atoms with Crippen LogP contribution in [0.25, 0.3) is 81.6 Å². The van der Waals surface area contributed by atoms with E-state index in [-0.39, 0.29) is 0 Å². The van der Waals surface area contributed by atoms with Crippen molar-refractivity contribution < 1.29 is 4.42 Å². The zero-order chi connectivity index (χ0) is 52.3. The first-order chi connectivity index (χ1) is 36.5. The number of halogens is 2. The number of hydrogen-bond acceptors (Lipinski definition) is 11. The third-order valence-electron chi connectivity index (χ3n) is 11.5. The summed E-state index contributed by atoms with van der Waals surface area (Å²) in [6.07, 6.45) is 8.54. The Morgan fingerprint density at radius 3 is 1.72 bits per heavy atom. The van der Waals surface area contributed by atoms with Gasteiger partial charge in [-0.05, 0) is 106 Å². The van der Waals surface area contributed by atoms with Crippen LogP contribution < -0.4 is 0 Å². The monoisotopic (exact) mass is 1040 g/mol. The van der Waals surface area contributed by atoms with Crippen LogP contribution in [0.15, 0.2) is 199 Å². The second-order valence-electron chi connectivity index (χ2n) is 17.2. The third-order valence-corrected chi connectivity index (χ3v) is 13.1. The fourth-order valence-electron chi connectivity index (χ4n) is 8.12. The number of nitrogens with zero attached hydrogens (tertiary/aromatic N) is 10. The van der Waals surface area contributed by atoms with Crippen LogP contribution in [0.5, 0.6) is 0 Å². The van der Waals surface area contributed by atoms with Crippen molar-refractivity contribution >= 4 is 111 Å². The maximum absolute atomic E-state index is 5.84. The van der Waals surface area contributed by atoms with Gasteiger partial charge in [-0.15, -0.1) is 11.3 Å². The van der Waals surface area contributed by atoms with Crippen LogP contribution in [0.2, 0.25) is 10.0 Å². The molecule has 0 aliphatic carbocycles. The number of aryl methyl sites for hydroxylation is 6. The summed E-state index contributed by atoms with van der Waals surface area (Å²) in [7, 11) is 0. The zero-order valence-corrected chi connectivity index (χ0v) is 44.3. The molecule has 0 fully saturated rings. The third kappa shape index (κ3) is 12.8. The SMILES string of the molecule is Cc1cnc2cc(Cl)c(Cl)cc2n1.Cc1cnc2ccccc2n1.Cc1cnccn1.Cc1nc2c(ccc3ccccc32)o1.Cc1nc2c(ccc3ccccc32)s1.Cc1nc2ccccc2n1-c1ccccc1. The number of thiazole rings is 1. The van der Waals surface area contributed by atoms with E-state index in [1.165, 1.54) is 20.9 Å². The Kier molecular flexibility index (Phi) is 16.4. The fourth-order valence-corrected chi connectivity index (χ4v) is 9.28. The molecule has 0 N–H and O–H groups in total. The fraction of sp³-hybridized carbons (Fsp3) is 0.0984. The van der Waals surface area contributed by atoms with Crippen LogP contribution >= 0.6 is 34.5 Å². The van der Waals surface area contributed by atoms with Gasteiger partial charge < -0.3 is 4.42 Å². The number of fused-ring (bicyclic) bond motifs is 9. The predicted molar refractivity (Wildman–Crippen MR) is 309 cm³/mol. The van der Waals surface area contributed by atoms with Crippen molar-refractivity contribution in [3.63, 3.8) is 0 Å². The molecule has 0 atom stereocenters. The molecule has 0 unspecified atom stereocenters. The molecule has 0 saturated heterocycles. The minimum atomic E-state index is 0.507. The lowest BCUT2D eigenvalue weighted by atomic mass is 10.1. The van der Waals surface area contributed by atoms with Gasteiger partial charge in [-0.2, -0.15) is 0 Å². The Labute approximate surface area is 447 Å². The summed E-state index contributed by atoms with van der Waals surface area (Å²) in [5, 5.41) is 7.03. The Morgan fingerprint density at radius 2 is 1.04 bits per heavy atom. The molecule has 0 spiro atoms. The highest BCUT2D eigenvalue weighted by Gasteiger charge is 2.09. The highest BCUT2D eigenvalue weighted by atomic mass is 35.5. The molecular weight excluding hydrogens is 992 g/mol. The van der Waals surface area contributed by atoms with E-state index in [0.717, 1.165) is 94.6 Å². The molecule has 6 aromatic heterocycles. The van der Waals surface area contributed by atoms with E-state index in [9.17, 15) is 0 Å². The molecule has 0 bridgehead atoms. The number of para-hydroxylation sites is 5. The standard InChI is InChI=1S/C14H12N2.C12H9NO.C12H9NS.C9H6Cl2N2.C9H8N2.C5H6N2/c1-11-15-13-9-5-6-10-14(13)16(11)12-7-3-2-4-8-12;2*1-8-13-12-10-5-3-2-4-9(10)6-7-11(12)14-8;1-5-4-12-8-2-6(10)7(11)3-9(8)13-5;1-7-6-10-8-4-2-3-5-9(8)11-7;1-5-4-6-2-3-7-5/h2-10H,1H3;2*2-7H,1H3;2-4H,1H3;2-6H,1H3;2-4H,1H3. The van der Waals surface area contributed by atoms with Crippen molar-refractivity contribution in [3.8, 4) is 5.69 Å². The number of aromatic nitrogens is 10. The van der Waals surface area contributed by atoms with E-state index < -0.39 is 0 Å². The molecule has 75 heavy (non-hydrogen) atoms. The van der Waals surface area contributed by atoms with E-state index >= 15 is 0 Å². The lowest BCUT2D eigenvalue weighted by Gasteiger charge is -2.05. The maximum Gasteiger partial charge on any atom is 0.192 e. The Morgan fingerprint density at radius 1 is 0.453 bits per heavy atom. The highest BCUT2D eigenvalue weighted by molar-refractivity contribution is 7.18. The smallest absolute Gasteiger partial charge is 0.192 e. The van der Waals surface area contributed by atoms with Gasteiger partial charge in [0.05, 0.1) is 75.5 Å². The lowest BCUT2D eigenvalue weighted by molar-refractivity contribution is 0.561. The van der Waals surface area contributed by atoms with E-state index in [1.807, 2.05) is 113 Å². The molecule has 14 rings (SSSR count). The van der Waals surface area contributed by atoms with Crippen LogP contribution in [0.3, 0.4) is 0 Å². The van der Waals surface area contributed by atoms with Crippen molar-refractivity contribution in [2.75, 3.05) is 0 Å². The van der Waals surface area contributed by atoms with Crippen molar-refractivity contribution in [3.05, 3.63) is 239 Å². The number of imidazole rings is 1. The largest absolute Gasteiger partial charge is 0.441 e. The van der Waals surface area contributed by atoms with Gasteiger partial charge in [-0.25, -0.2) is 24.9 Å². The topological polar surface area (TPSA) is 134 Å². The molecule has 14 aromatic rings. The second-order valence-corrected chi connectivity index (χ2v) is 19.2. The Bertz CT molecular complexity index is 4090. The van der Waals surface area contributed by atoms with E-state index in [4.69, 9.17) is 27.6 Å². The molecule has 0 aliphatic rings. The summed E-state index contributed by atoms with van der Waals surface area (Å²) in [5.41, 5.74) is 12.6. The van der Waals surface area contributed by atoms with Crippen LogP contribution in [0, 0.1) is 41.5 Å². The molecule has 11 nitrogen and oxygen atoms in total. The maximum atomic E-state index is 5.84. The lowest BCUT2D eigenvalue weighted by Crippen LogP contribution is -1.95. The van der Waals surface area contributed by atoms with Gasteiger partial charge in [-0.1, -0.05) is 126 Å². The molecule has 0 aliphatic heterocycles. The molecular formula is C61H50Cl2N10OS. The first kappa shape index (κ1) is 51.4.